The van der Waals surface area contributed by atoms with Crippen molar-refractivity contribution in [2.45, 2.75) is 19.4 Å². The summed E-state index contributed by atoms with van der Waals surface area (Å²) in [6.45, 7) is 2.05. The summed E-state index contributed by atoms with van der Waals surface area (Å²) in [5.74, 6) is -0.825. The van der Waals surface area contributed by atoms with Crippen LogP contribution < -0.4 is 5.32 Å². The molecule has 0 aromatic heterocycles. The number of esters is 1. The molecule has 0 saturated carbocycles. The van der Waals surface area contributed by atoms with Gasteiger partial charge in [0, 0.05) is 12.7 Å². The molecule has 0 heterocycles. The minimum absolute atomic E-state index is 0.0761. The van der Waals surface area contributed by atoms with Crippen LogP contribution in [-0.4, -0.2) is 38.7 Å². The Morgan fingerprint density at radius 2 is 1.95 bits per heavy atom. The molecule has 0 spiro atoms. The van der Waals surface area contributed by atoms with Crippen molar-refractivity contribution >= 4 is 11.9 Å². The van der Waals surface area contributed by atoms with E-state index in [1.165, 1.54) is 14.2 Å². The zero-order valence-corrected chi connectivity index (χ0v) is 11.4. The molecule has 0 fully saturated rings. The van der Waals surface area contributed by atoms with Crippen LogP contribution in [0.15, 0.2) is 24.3 Å². The van der Waals surface area contributed by atoms with Crippen LogP contribution in [0.3, 0.4) is 0 Å². The topological polar surface area (TPSA) is 64.6 Å². The first kappa shape index (κ1) is 15.2. The molecule has 0 radical (unpaired) electrons. The molecule has 1 atom stereocenters. The van der Waals surface area contributed by atoms with Crippen LogP contribution in [0.5, 0.6) is 0 Å². The molecule has 1 aromatic carbocycles. The van der Waals surface area contributed by atoms with Crippen molar-refractivity contribution in [1.29, 1.82) is 0 Å². The van der Waals surface area contributed by atoms with Crippen molar-refractivity contribution in [2.75, 3.05) is 20.8 Å². The molecule has 0 aliphatic rings. The van der Waals surface area contributed by atoms with Crippen molar-refractivity contribution in [1.82, 2.24) is 5.32 Å². The highest BCUT2D eigenvalue weighted by Crippen LogP contribution is 2.09. The minimum Gasteiger partial charge on any atom is -0.467 e. The fraction of sp³-hybridized carbons (Fsp3) is 0.429. The number of amides is 1. The highest BCUT2D eigenvalue weighted by molar-refractivity contribution is 5.98. The molecular formula is C14H19NO4. The van der Waals surface area contributed by atoms with Gasteiger partial charge >= 0.3 is 5.97 Å². The molecule has 0 aliphatic heterocycles. The molecule has 0 bridgehead atoms. The monoisotopic (exact) mass is 265 g/mol. The third-order valence-electron chi connectivity index (χ3n) is 2.77. The first-order valence-corrected chi connectivity index (χ1v) is 6.09. The normalized spacial score (nSPS) is 11.7. The molecule has 1 amide bonds. The third kappa shape index (κ3) is 4.06. The standard InChI is InChI=1S/C14H19NO4/c1-4-10-7-5-6-8-11(10)13(16)15-12(9-18-2)14(17)19-3/h5-8,12H,4,9H2,1-3H3,(H,15,16). The molecule has 19 heavy (non-hydrogen) atoms. The molecule has 0 saturated heterocycles. The SMILES string of the molecule is CCc1ccccc1C(=O)NC(COC)C(=O)OC. The van der Waals surface area contributed by atoms with Gasteiger partial charge in [-0.15, -0.1) is 0 Å². The van der Waals surface area contributed by atoms with Crippen molar-refractivity contribution in [3.63, 3.8) is 0 Å². The Morgan fingerprint density at radius 1 is 1.26 bits per heavy atom. The van der Waals surface area contributed by atoms with E-state index in [4.69, 9.17) is 4.74 Å². The number of benzene rings is 1. The molecule has 0 aliphatic carbocycles. The lowest BCUT2D eigenvalue weighted by Gasteiger charge is -2.16. The van der Waals surface area contributed by atoms with Crippen molar-refractivity contribution in [3.8, 4) is 0 Å². The second-order valence-electron chi connectivity index (χ2n) is 4.02. The first-order chi connectivity index (χ1) is 9.13. The summed E-state index contributed by atoms with van der Waals surface area (Å²) < 4.78 is 9.53. The van der Waals surface area contributed by atoms with Crippen molar-refractivity contribution in [2.24, 2.45) is 0 Å². The molecule has 1 N–H and O–H groups in total. The van der Waals surface area contributed by atoms with Crippen LogP contribution >= 0.6 is 0 Å². The summed E-state index contributed by atoms with van der Waals surface area (Å²) in [4.78, 5) is 23.7. The number of nitrogens with one attached hydrogen (secondary N) is 1. The van der Waals surface area contributed by atoms with Crippen LogP contribution in [0.25, 0.3) is 0 Å². The molecule has 1 aromatic rings. The Labute approximate surface area is 112 Å². The predicted octanol–water partition coefficient (Wildman–Crippen LogP) is 1.17. The van der Waals surface area contributed by atoms with E-state index in [9.17, 15) is 9.59 Å². The van der Waals surface area contributed by atoms with Gasteiger partial charge in [-0.3, -0.25) is 4.79 Å². The van der Waals surface area contributed by atoms with Gasteiger partial charge in [0.1, 0.15) is 0 Å². The van der Waals surface area contributed by atoms with Crippen molar-refractivity contribution in [3.05, 3.63) is 35.4 Å². The zero-order chi connectivity index (χ0) is 14.3. The Morgan fingerprint density at radius 3 is 2.53 bits per heavy atom. The first-order valence-electron chi connectivity index (χ1n) is 6.09. The van der Waals surface area contributed by atoms with Crippen LogP contribution in [0, 0.1) is 0 Å². The fourth-order valence-corrected chi connectivity index (χ4v) is 1.76. The Bertz CT molecular complexity index is 445. The van der Waals surface area contributed by atoms with Gasteiger partial charge in [0.25, 0.3) is 5.91 Å². The van der Waals surface area contributed by atoms with Gasteiger partial charge in [-0.25, -0.2) is 4.79 Å². The van der Waals surface area contributed by atoms with E-state index in [0.29, 0.717) is 5.56 Å². The molecule has 104 valence electrons. The van der Waals surface area contributed by atoms with Gasteiger partial charge in [0.05, 0.1) is 13.7 Å². The van der Waals surface area contributed by atoms with Gasteiger partial charge in [-0.05, 0) is 18.1 Å². The number of hydrogen-bond donors (Lipinski definition) is 1. The highest BCUT2D eigenvalue weighted by Gasteiger charge is 2.22. The number of rotatable bonds is 6. The molecular weight excluding hydrogens is 246 g/mol. The largest absolute Gasteiger partial charge is 0.467 e. The molecule has 5 nitrogen and oxygen atoms in total. The van der Waals surface area contributed by atoms with Gasteiger partial charge < -0.3 is 14.8 Å². The van der Waals surface area contributed by atoms with Crippen LogP contribution in [0.4, 0.5) is 0 Å². The number of carbonyl (C=O) groups excluding carboxylic acids is 2. The van der Waals surface area contributed by atoms with E-state index in [0.717, 1.165) is 12.0 Å². The van der Waals surface area contributed by atoms with E-state index in [2.05, 4.69) is 10.1 Å². The van der Waals surface area contributed by atoms with E-state index in [1.54, 1.807) is 12.1 Å². The highest BCUT2D eigenvalue weighted by atomic mass is 16.5. The van der Waals surface area contributed by atoms with E-state index in [1.807, 2.05) is 19.1 Å². The van der Waals surface area contributed by atoms with Gasteiger partial charge in [-0.2, -0.15) is 0 Å². The average Bonchev–Trinajstić information content (AvgIpc) is 2.45. The maximum Gasteiger partial charge on any atom is 0.330 e. The maximum atomic E-state index is 12.2. The number of carbonyl (C=O) groups is 2. The molecule has 1 unspecified atom stereocenters. The second-order valence-corrected chi connectivity index (χ2v) is 4.02. The summed E-state index contributed by atoms with van der Waals surface area (Å²) in [5.41, 5.74) is 1.50. The Hall–Kier alpha value is -1.88. The van der Waals surface area contributed by atoms with Gasteiger partial charge in [-0.1, -0.05) is 25.1 Å². The Kier molecular flexibility index (Phi) is 6.02. The number of methoxy groups -OCH3 is 2. The van der Waals surface area contributed by atoms with Gasteiger partial charge in [0.2, 0.25) is 0 Å². The summed E-state index contributed by atoms with van der Waals surface area (Å²) in [5, 5.41) is 2.62. The number of ether oxygens (including phenoxy) is 2. The summed E-state index contributed by atoms with van der Waals surface area (Å²) in [6.07, 6.45) is 0.747. The van der Waals surface area contributed by atoms with E-state index in [-0.39, 0.29) is 12.5 Å². The quantitative estimate of drug-likeness (QED) is 0.784. The lowest BCUT2D eigenvalue weighted by Crippen LogP contribution is -2.44. The van der Waals surface area contributed by atoms with E-state index >= 15 is 0 Å². The number of hydrogen-bond acceptors (Lipinski definition) is 4. The summed E-state index contributed by atoms with van der Waals surface area (Å²) >= 11 is 0. The average molecular weight is 265 g/mol. The van der Waals surface area contributed by atoms with Crippen molar-refractivity contribution < 1.29 is 19.1 Å². The Balaban J connectivity index is 2.84. The molecule has 5 heteroatoms. The summed E-state index contributed by atoms with van der Waals surface area (Å²) in [7, 11) is 2.74. The van der Waals surface area contributed by atoms with Crippen LogP contribution in [0.1, 0.15) is 22.8 Å². The summed E-state index contributed by atoms with van der Waals surface area (Å²) in [6, 6.07) is 6.49. The van der Waals surface area contributed by atoms with Crippen LogP contribution in [0.2, 0.25) is 0 Å². The minimum atomic E-state index is -0.799. The number of aryl methyl sites for hydroxylation is 1. The van der Waals surface area contributed by atoms with E-state index < -0.39 is 12.0 Å². The maximum absolute atomic E-state index is 12.2. The lowest BCUT2D eigenvalue weighted by atomic mass is 10.0. The zero-order valence-electron chi connectivity index (χ0n) is 11.4. The second kappa shape index (κ2) is 7.53. The predicted molar refractivity (Wildman–Crippen MR) is 71.0 cm³/mol. The van der Waals surface area contributed by atoms with Crippen LogP contribution in [-0.2, 0) is 20.7 Å². The van der Waals surface area contributed by atoms with Gasteiger partial charge in [0.15, 0.2) is 6.04 Å². The lowest BCUT2D eigenvalue weighted by molar-refractivity contribution is -0.144. The smallest absolute Gasteiger partial charge is 0.330 e. The fourth-order valence-electron chi connectivity index (χ4n) is 1.76. The third-order valence-corrected chi connectivity index (χ3v) is 2.77. The molecule has 1 rings (SSSR count).